The Morgan fingerprint density at radius 1 is 0.571 bits per heavy atom. The van der Waals surface area contributed by atoms with Crippen LogP contribution < -0.4 is 14.2 Å². The van der Waals surface area contributed by atoms with Crippen molar-refractivity contribution in [2.24, 2.45) is 0 Å². The third-order valence-electron chi connectivity index (χ3n) is 4.78. The lowest BCUT2D eigenvalue weighted by Gasteiger charge is -2.38. The van der Waals surface area contributed by atoms with Gasteiger partial charge in [0.25, 0.3) is 0 Å². The van der Waals surface area contributed by atoms with Gasteiger partial charge in [-0.1, -0.05) is 0 Å². The van der Waals surface area contributed by atoms with Crippen LogP contribution in [0.25, 0.3) is 0 Å². The van der Waals surface area contributed by atoms with E-state index in [2.05, 4.69) is 0 Å². The van der Waals surface area contributed by atoms with Gasteiger partial charge in [0, 0.05) is 14.7 Å². The first-order chi connectivity index (χ1) is 16.6. The summed E-state index contributed by atoms with van der Waals surface area (Å²) in [6.45, 7) is 11.7. The van der Waals surface area contributed by atoms with Crippen LogP contribution >= 0.6 is 10.3 Å². The molecule has 0 amide bonds. The maximum Gasteiger partial charge on any atom is 0.517 e. The lowest BCUT2D eigenvalue weighted by molar-refractivity contribution is 0.150. The van der Waals surface area contributed by atoms with Crippen LogP contribution in [0.15, 0.2) is 87.5 Å². The Labute approximate surface area is 209 Å². The van der Waals surface area contributed by atoms with E-state index in [1.165, 1.54) is 0 Å². The molecule has 0 aliphatic heterocycles. The molecular formula is C28H34O6S. The van der Waals surface area contributed by atoms with Gasteiger partial charge in [0.2, 0.25) is 0 Å². The zero-order chi connectivity index (χ0) is 25.6. The summed E-state index contributed by atoms with van der Waals surface area (Å²) in [6.07, 6.45) is -1.28. The number of ether oxygens (including phenoxy) is 3. The summed E-state index contributed by atoms with van der Waals surface area (Å²) >= 11 is 0. The molecule has 1 N–H and O–H groups in total. The second-order valence-corrected chi connectivity index (χ2v) is 11.5. The highest BCUT2D eigenvalue weighted by molar-refractivity contribution is 8.30. The molecule has 6 nitrogen and oxygen atoms in total. The fourth-order valence-corrected chi connectivity index (χ4v) is 6.48. The maximum absolute atomic E-state index is 12.1. The summed E-state index contributed by atoms with van der Waals surface area (Å²) in [4.78, 5) is 14.3. The van der Waals surface area contributed by atoms with E-state index in [9.17, 15) is 9.90 Å². The molecule has 188 valence electrons. The highest BCUT2D eigenvalue weighted by Gasteiger charge is 2.36. The minimum atomic E-state index is -2.63. The first-order valence-corrected chi connectivity index (χ1v) is 13.2. The van der Waals surface area contributed by atoms with Gasteiger partial charge in [0.05, 0.1) is 18.3 Å². The fourth-order valence-electron chi connectivity index (χ4n) is 3.61. The van der Waals surface area contributed by atoms with E-state index in [1.807, 2.05) is 114 Å². The minimum Gasteiger partial charge on any atom is -0.491 e. The number of benzene rings is 3. The van der Waals surface area contributed by atoms with Crippen LogP contribution in [0.4, 0.5) is 4.79 Å². The normalized spacial score (nSPS) is 12.0. The second kappa shape index (κ2) is 11.4. The first kappa shape index (κ1) is 26.3. The molecular weight excluding hydrogens is 464 g/mol. The standard InChI is InChI=1S/C28H34O6S/c1-19(2)31-22-7-13-25(14-8-22)35(34-28(29)30,26-15-9-23(10-16-26)32-20(3)4)27-17-11-24(12-18-27)33-21(5)6/h7-21H,1-6H3,(H,29,30). The van der Waals surface area contributed by atoms with E-state index < -0.39 is 16.5 Å². The van der Waals surface area contributed by atoms with Crippen molar-refractivity contribution in [1.29, 1.82) is 0 Å². The van der Waals surface area contributed by atoms with Gasteiger partial charge in [0.15, 0.2) is 0 Å². The summed E-state index contributed by atoms with van der Waals surface area (Å²) < 4.78 is 23.2. The molecule has 0 unspecified atom stereocenters. The predicted molar refractivity (Wildman–Crippen MR) is 138 cm³/mol. The molecule has 0 spiro atoms. The number of hydrogen-bond donors (Lipinski definition) is 1. The van der Waals surface area contributed by atoms with E-state index in [1.54, 1.807) is 0 Å². The van der Waals surface area contributed by atoms with Crippen molar-refractivity contribution < 1.29 is 28.3 Å². The SMILES string of the molecule is CC(C)Oc1ccc(S(OC(=O)O)(c2ccc(OC(C)C)cc2)c2ccc(OC(C)C)cc2)cc1. The summed E-state index contributed by atoms with van der Waals surface area (Å²) in [5.74, 6) is 2.11. The molecule has 0 saturated heterocycles. The molecule has 35 heavy (non-hydrogen) atoms. The average molecular weight is 499 g/mol. The number of carboxylic acid groups (broad SMARTS) is 1. The summed E-state index contributed by atoms with van der Waals surface area (Å²) in [5.41, 5.74) is 0. The van der Waals surface area contributed by atoms with Gasteiger partial charge < -0.3 is 23.5 Å². The Morgan fingerprint density at radius 3 is 1.03 bits per heavy atom. The highest BCUT2D eigenvalue weighted by atomic mass is 32.3. The van der Waals surface area contributed by atoms with Gasteiger partial charge in [0.1, 0.15) is 17.2 Å². The molecule has 0 fully saturated rings. The van der Waals surface area contributed by atoms with Gasteiger partial charge in [-0.25, -0.2) is 4.79 Å². The zero-order valence-corrected chi connectivity index (χ0v) is 21.9. The first-order valence-electron chi connectivity index (χ1n) is 11.7. The quantitative estimate of drug-likeness (QED) is 0.306. The predicted octanol–water partition coefficient (Wildman–Crippen LogP) is 7.94. The lowest BCUT2D eigenvalue weighted by Crippen LogP contribution is -2.13. The molecule has 0 heterocycles. The molecule has 0 aliphatic carbocycles. The van der Waals surface area contributed by atoms with Crippen LogP contribution in [-0.2, 0) is 4.18 Å². The van der Waals surface area contributed by atoms with Crippen molar-refractivity contribution in [3.63, 3.8) is 0 Å². The van der Waals surface area contributed by atoms with Crippen LogP contribution in [-0.4, -0.2) is 29.6 Å². The fraction of sp³-hybridized carbons (Fsp3) is 0.321. The van der Waals surface area contributed by atoms with Crippen LogP contribution in [0.3, 0.4) is 0 Å². The van der Waals surface area contributed by atoms with Crippen molar-refractivity contribution in [2.75, 3.05) is 0 Å². The van der Waals surface area contributed by atoms with Gasteiger partial charge in [-0.15, -0.1) is 0 Å². The number of carbonyl (C=O) groups is 1. The van der Waals surface area contributed by atoms with Crippen molar-refractivity contribution >= 4 is 16.5 Å². The molecule has 0 aromatic heterocycles. The Morgan fingerprint density at radius 2 is 0.829 bits per heavy atom. The molecule has 3 rings (SSSR count). The zero-order valence-electron chi connectivity index (χ0n) is 21.1. The minimum absolute atomic E-state index is 0.0234. The Hall–Kier alpha value is -3.32. The van der Waals surface area contributed by atoms with Gasteiger partial charge in [-0.3, -0.25) is 0 Å². The molecule has 0 bridgehead atoms. The van der Waals surface area contributed by atoms with Crippen molar-refractivity contribution in [1.82, 2.24) is 0 Å². The molecule has 0 saturated carbocycles. The molecule has 0 aliphatic rings. The Kier molecular flexibility index (Phi) is 8.57. The van der Waals surface area contributed by atoms with Crippen LogP contribution in [0.1, 0.15) is 41.5 Å². The summed E-state index contributed by atoms with van der Waals surface area (Å²) in [6, 6.07) is 22.3. The second-order valence-electron chi connectivity index (χ2n) is 8.82. The smallest absolute Gasteiger partial charge is 0.491 e. The molecule has 0 atom stereocenters. The average Bonchev–Trinajstić information content (AvgIpc) is 2.78. The van der Waals surface area contributed by atoms with E-state index in [0.717, 1.165) is 14.7 Å². The van der Waals surface area contributed by atoms with Crippen molar-refractivity contribution in [2.45, 2.75) is 74.5 Å². The Bertz CT molecular complexity index is 960. The van der Waals surface area contributed by atoms with Crippen LogP contribution in [0, 0.1) is 0 Å². The van der Waals surface area contributed by atoms with Crippen LogP contribution in [0.2, 0.25) is 0 Å². The van der Waals surface area contributed by atoms with Crippen LogP contribution in [0.5, 0.6) is 17.2 Å². The van der Waals surface area contributed by atoms with E-state index in [0.29, 0.717) is 17.2 Å². The highest BCUT2D eigenvalue weighted by Crippen LogP contribution is 2.69. The third-order valence-corrected chi connectivity index (χ3v) is 7.98. The topological polar surface area (TPSA) is 74.2 Å². The number of rotatable bonds is 10. The van der Waals surface area contributed by atoms with Crippen molar-refractivity contribution in [3.05, 3.63) is 72.8 Å². The lowest BCUT2D eigenvalue weighted by atomic mass is 10.3. The summed E-state index contributed by atoms with van der Waals surface area (Å²) in [7, 11) is -2.63. The van der Waals surface area contributed by atoms with E-state index in [-0.39, 0.29) is 18.3 Å². The molecule has 3 aromatic rings. The van der Waals surface area contributed by atoms with E-state index in [4.69, 9.17) is 18.4 Å². The van der Waals surface area contributed by atoms with E-state index >= 15 is 0 Å². The Balaban J connectivity index is 2.18. The molecule has 0 radical (unpaired) electrons. The van der Waals surface area contributed by atoms with Gasteiger partial charge in [-0.05, 0) is 125 Å². The maximum atomic E-state index is 12.1. The monoisotopic (exact) mass is 498 g/mol. The largest absolute Gasteiger partial charge is 0.517 e. The van der Waals surface area contributed by atoms with Gasteiger partial charge >= 0.3 is 6.16 Å². The summed E-state index contributed by atoms with van der Waals surface area (Å²) in [5, 5.41) is 9.88. The third kappa shape index (κ3) is 6.63. The van der Waals surface area contributed by atoms with Gasteiger partial charge in [-0.2, -0.15) is 0 Å². The van der Waals surface area contributed by atoms with Crippen molar-refractivity contribution in [3.8, 4) is 17.2 Å². The molecule has 3 aromatic carbocycles. The number of hydrogen-bond acceptors (Lipinski definition) is 5. The molecule has 7 heteroatoms.